The molecule has 26 heavy (non-hydrogen) atoms. The van der Waals surface area contributed by atoms with Crippen LogP contribution in [0, 0.1) is 5.82 Å². The van der Waals surface area contributed by atoms with Gasteiger partial charge in [-0.1, -0.05) is 0 Å². The summed E-state index contributed by atoms with van der Waals surface area (Å²) in [5.74, 6) is -3.77. The maximum absolute atomic E-state index is 13.3. The molecular weight excluding hydrogens is 360 g/mol. The number of rotatable bonds is 4. The van der Waals surface area contributed by atoms with E-state index in [0.29, 0.717) is 24.2 Å². The molecule has 0 aliphatic carbocycles. The lowest BCUT2D eigenvalue weighted by Crippen LogP contribution is -2.21. The van der Waals surface area contributed by atoms with E-state index in [9.17, 15) is 27.2 Å². The van der Waals surface area contributed by atoms with Crippen LogP contribution in [0.25, 0.3) is 10.9 Å². The van der Waals surface area contributed by atoms with Crippen LogP contribution in [0.1, 0.15) is 12.5 Å². The van der Waals surface area contributed by atoms with Gasteiger partial charge in [-0.15, -0.1) is 0 Å². The molecule has 1 atom stereocenters. The second-order valence-electron chi connectivity index (χ2n) is 5.31. The number of nitrogens with two attached hydrogens (primary N) is 1. The third kappa shape index (κ3) is 5.88. The lowest BCUT2D eigenvalue weighted by atomic mass is 10.1. The van der Waals surface area contributed by atoms with Gasteiger partial charge in [0.05, 0.1) is 0 Å². The first-order chi connectivity index (χ1) is 11.9. The normalized spacial score (nSPS) is 12.7. The van der Waals surface area contributed by atoms with E-state index in [-0.39, 0.29) is 11.4 Å². The van der Waals surface area contributed by atoms with Crippen molar-refractivity contribution in [3.63, 3.8) is 0 Å². The number of nitrogens with zero attached hydrogens (tertiary/aromatic N) is 1. The number of carboxylic acid groups (broad SMARTS) is 2. The van der Waals surface area contributed by atoms with E-state index >= 15 is 0 Å². The number of aliphatic carboxylic acids is 2. The number of benzene rings is 1. The molecule has 1 aromatic carbocycles. The van der Waals surface area contributed by atoms with E-state index in [2.05, 4.69) is 0 Å². The number of hydrogen-bond donors (Lipinski definition) is 3. The van der Waals surface area contributed by atoms with E-state index in [1.807, 2.05) is 0 Å². The molecular formula is C16H16F4N2O4. The van der Waals surface area contributed by atoms with Gasteiger partial charge in [0.2, 0.25) is 0 Å². The Balaban J connectivity index is 0.000000359. The van der Waals surface area contributed by atoms with Gasteiger partial charge >= 0.3 is 18.1 Å². The molecule has 0 bridgehead atoms. The summed E-state index contributed by atoms with van der Waals surface area (Å²) in [5.41, 5.74) is 4.73. The summed E-state index contributed by atoms with van der Waals surface area (Å²) in [5, 5.41) is 15.5. The van der Waals surface area contributed by atoms with Gasteiger partial charge in [-0.05, 0) is 25.1 Å². The summed E-state index contributed by atoms with van der Waals surface area (Å²) < 4.78 is 53.3. The summed E-state index contributed by atoms with van der Waals surface area (Å²) in [6.07, 6.45) is -2.10. The van der Waals surface area contributed by atoms with Crippen LogP contribution in [0.5, 0.6) is 0 Å². The summed E-state index contributed by atoms with van der Waals surface area (Å²) >= 11 is 0. The highest BCUT2D eigenvalue weighted by atomic mass is 19.4. The predicted octanol–water partition coefficient (Wildman–Crippen LogP) is 2.86. The lowest BCUT2D eigenvalue weighted by molar-refractivity contribution is -0.138. The van der Waals surface area contributed by atoms with Crippen LogP contribution in [0.2, 0.25) is 0 Å². The first-order valence-corrected chi connectivity index (χ1v) is 7.17. The molecule has 1 aromatic heterocycles. The summed E-state index contributed by atoms with van der Waals surface area (Å²) in [6, 6.07) is 3.24. The van der Waals surface area contributed by atoms with Gasteiger partial charge < -0.3 is 20.5 Å². The Labute approximate surface area is 145 Å². The van der Waals surface area contributed by atoms with Gasteiger partial charge in [0.1, 0.15) is 11.4 Å². The average Bonchev–Trinajstić information content (AvgIpc) is 2.86. The SMILES string of the molecule is C[C@H](N)Cn1ccc2c(C(F)(F)F)c(F)ccc21.O=C(O)/C=C/C(=O)O. The second-order valence-corrected chi connectivity index (χ2v) is 5.31. The molecule has 0 amide bonds. The summed E-state index contributed by atoms with van der Waals surface area (Å²) in [7, 11) is 0. The Morgan fingerprint density at radius 3 is 2.15 bits per heavy atom. The zero-order valence-electron chi connectivity index (χ0n) is 13.5. The van der Waals surface area contributed by atoms with E-state index in [4.69, 9.17) is 15.9 Å². The maximum atomic E-state index is 13.3. The minimum Gasteiger partial charge on any atom is -0.478 e. The van der Waals surface area contributed by atoms with E-state index in [0.717, 1.165) is 6.07 Å². The molecule has 6 nitrogen and oxygen atoms in total. The van der Waals surface area contributed by atoms with Crippen LogP contribution in [0.3, 0.4) is 0 Å². The fraction of sp³-hybridized carbons (Fsp3) is 0.250. The highest BCUT2D eigenvalue weighted by molar-refractivity contribution is 5.89. The molecule has 0 fully saturated rings. The third-order valence-corrected chi connectivity index (χ3v) is 3.04. The molecule has 0 saturated heterocycles. The summed E-state index contributed by atoms with van der Waals surface area (Å²) in [6.45, 7) is 2.13. The van der Waals surface area contributed by atoms with Crippen molar-refractivity contribution in [3.05, 3.63) is 47.9 Å². The van der Waals surface area contributed by atoms with E-state index in [1.165, 1.54) is 18.3 Å². The molecule has 4 N–H and O–H groups in total. The van der Waals surface area contributed by atoms with Crippen LogP contribution >= 0.6 is 0 Å². The van der Waals surface area contributed by atoms with Crippen LogP contribution < -0.4 is 5.73 Å². The first kappa shape index (κ1) is 21.2. The first-order valence-electron chi connectivity index (χ1n) is 7.17. The minimum atomic E-state index is -4.70. The number of carboxylic acids is 2. The van der Waals surface area contributed by atoms with Gasteiger partial charge in [-0.25, -0.2) is 14.0 Å². The zero-order chi connectivity index (χ0) is 20.1. The molecule has 142 valence electrons. The largest absolute Gasteiger partial charge is 0.478 e. The molecule has 2 aromatic rings. The molecule has 0 radical (unpaired) electrons. The van der Waals surface area contributed by atoms with Gasteiger partial charge in [-0.2, -0.15) is 13.2 Å². The van der Waals surface area contributed by atoms with Crippen molar-refractivity contribution >= 4 is 22.8 Å². The number of hydrogen-bond acceptors (Lipinski definition) is 3. The highest BCUT2D eigenvalue weighted by Crippen LogP contribution is 2.37. The van der Waals surface area contributed by atoms with E-state index in [1.54, 1.807) is 11.5 Å². The van der Waals surface area contributed by atoms with Crippen molar-refractivity contribution in [1.82, 2.24) is 4.57 Å². The topological polar surface area (TPSA) is 106 Å². The molecule has 0 aliphatic rings. The lowest BCUT2D eigenvalue weighted by Gasteiger charge is -2.12. The van der Waals surface area contributed by atoms with Gasteiger partial charge in [-0.3, -0.25) is 0 Å². The van der Waals surface area contributed by atoms with Crippen LogP contribution in [0.15, 0.2) is 36.5 Å². The average molecular weight is 376 g/mol. The number of aromatic nitrogens is 1. The molecule has 2 rings (SSSR count). The Morgan fingerprint density at radius 2 is 1.73 bits per heavy atom. The van der Waals surface area contributed by atoms with Gasteiger partial charge in [0.15, 0.2) is 0 Å². The third-order valence-electron chi connectivity index (χ3n) is 3.04. The highest BCUT2D eigenvalue weighted by Gasteiger charge is 2.36. The monoisotopic (exact) mass is 376 g/mol. The molecule has 0 saturated carbocycles. The van der Waals surface area contributed by atoms with Crippen molar-refractivity contribution in [2.45, 2.75) is 25.7 Å². The van der Waals surface area contributed by atoms with Crippen molar-refractivity contribution < 1.29 is 37.4 Å². The maximum Gasteiger partial charge on any atom is 0.419 e. The fourth-order valence-corrected chi connectivity index (χ4v) is 2.15. The number of carbonyl (C=O) groups is 2. The Morgan fingerprint density at radius 1 is 1.19 bits per heavy atom. The van der Waals surface area contributed by atoms with Crippen molar-refractivity contribution in [2.75, 3.05) is 0 Å². The number of alkyl halides is 3. The minimum absolute atomic E-state index is 0.136. The number of fused-ring (bicyclic) bond motifs is 1. The van der Waals surface area contributed by atoms with Crippen molar-refractivity contribution in [2.24, 2.45) is 5.73 Å². The van der Waals surface area contributed by atoms with E-state index < -0.39 is 29.5 Å². The Kier molecular flexibility index (Phi) is 6.90. The second kappa shape index (κ2) is 8.48. The standard InChI is InChI=1S/C12H12F4N2.C4H4O4/c1-7(17)6-18-5-4-8-10(18)3-2-9(13)11(8)12(14,15)16;5-3(6)1-2-4(7)8/h2-5,7H,6,17H2,1H3;1-2H,(H,5,6)(H,7,8)/b;2-1+/t7-;/m0./s1. The quantitative estimate of drug-likeness (QED) is 0.562. The molecule has 0 aliphatic heterocycles. The van der Waals surface area contributed by atoms with Crippen molar-refractivity contribution in [3.8, 4) is 0 Å². The Bertz CT molecular complexity index is 809. The zero-order valence-corrected chi connectivity index (χ0v) is 13.5. The van der Waals surface area contributed by atoms with Crippen LogP contribution in [0.4, 0.5) is 17.6 Å². The number of halogens is 4. The fourth-order valence-electron chi connectivity index (χ4n) is 2.15. The van der Waals surface area contributed by atoms with Crippen LogP contribution in [-0.2, 0) is 22.3 Å². The van der Waals surface area contributed by atoms with Gasteiger partial charge in [0, 0.05) is 41.8 Å². The van der Waals surface area contributed by atoms with Crippen molar-refractivity contribution in [1.29, 1.82) is 0 Å². The Hall–Kier alpha value is -2.88. The molecule has 1 heterocycles. The molecule has 0 spiro atoms. The molecule has 0 unspecified atom stereocenters. The summed E-state index contributed by atoms with van der Waals surface area (Å²) in [4.78, 5) is 19.1. The predicted molar refractivity (Wildman–Crippen MR) is 85.0 cm³/mol. The molecule has 10 heteroatoms. The van der Waals surface area contributed by atoms with Gasteiger partial charge in [0.25, 0.3) is 0 Å². The van der Waals surface area contributed by atoms with Crippen LogP contribution in [-0.4, -0.2) is 32.8 Å². The smallest absolute Gasteiger partial charge is 0.419 e.